The highest BCUT2D eigenvalue weighted by molar-refractivity contribution is 6.25. The number of carbonyl (C=O) groups is 2. The Labute approximate surface area is 94.4 Å². The van der Waals surface area contributed by atoms with Gasteiger partial charge in [-0.2, -0.15) is 13.2 Å². The average molecular weight is 260 g/mol. The second kappa shape index (κ2) is 5.20. The SMILES string of the molecule is COC(=O)C(C)(/C=C/Cl)NC(=O)C(F)(F)F. The van der Waals surface area contributed by atoms with Crippen molar-refractivity contribution in [1.82, 2.24) is 5.32 Å². The summed E-state index contributed by atoms with van der Waals surface area (Å²) in [7, 11) is 0.975. The minimum Gasteiger partial charge on any atom is -0.467 e. The molecule has 1 amide bonds. The summed E-state index contributed by atoms with van der Waals surface area (Å²) in [5.41, 5.74) is -1.14. The van der Waals surface area contributed by atoms with Gasteiger partial charge in [-0.05, 0) is 13.0 Å². The molecule has 0 aromatic rings. The van der Waals surface area contributed by atoms with Gasteiger partial charge in [0.25, 0.3) is 0 Å². The van der Waals surface area contributed by atoms with Gasteiger partial charge in [0.15, 0.2) is 5.54 Å². The fraction of sp³-hybridized carbons (Fsp3) is 0.500. The molecule has 0 spiro atoms. The Morgan fingerprint density at radius 1 is 1.38 bits per heavy atom. The molecule has 0 aromatic carbocycles. The second-order valence-corrected chi connectivity index (χ2v) is 3.19. The summed E-state index contributed by atoms with van der Waals surface area (Å²) in [6, 6.07) is 0. The van der Waals surface area contributed by atoms with E-state index < -0.39 is 23.6 Å². The molecule has 0 fully saturated rings. The maximum atomic E-state index is 12.0. The molecule has 1 atom stereocenters. The Morgan fingerprint density at radius 3 is 2.19 bits per heavy atom. The van der Waals surface area contributed by atoms with Crippen molar-refractivity contribution < 1.29 is 27.5 Å². The van der Waals surface area contributed by atoms with Gasteiger partial charge in [-0.25, -0.2) is 4.79 Å². The van der Waals surface area contributed by atoms with Crippen molar-refractivity contribution in [3.63, 3.8) is 0 Å². The van der Waals surface area contributed by atoms with E-state index in [9.17, 15) is 22.8 Å². The van der Waals surface area contributed by atoms with Gasteiger partial charge >= 0.3 is 18.1 Å². The molecule has 92 valence electrons. The van der Waals surface area contributed by atoms with Crippen LogP contribution in [0.25, 0.3) is 0 Å². The monoisotopic (exact) mass is 259 g/mol. The predicted molar refractivity (Wildman–Crippen MR) is 49.6 cm³/mol. The third-order valence-corrected chi connectivity index (χ3v) is 1.76. The Morgan fingerprint density at radius 2 is 1.88 bits per heavy atom. The smallest absolute Gasteiger partial charge is 0.467 e. The number of ether oxygens (including phenoxy) is 1. The van der Waals surface area contributed by atoms with Crippen LogP contribution in [-0.2, 0) is 14.3 Å². The standard InChI is InChI=1S/C8H9ClF3NO3/c1-7(3-4-9,6(15)16-2)13-5(14)8(10,11)12/h3-4H,1-2H3,(H,13,14)/b4-3+. The van der Waals surface area contributed by atoms with Crippen molar-refractivity contribution in [3.05, 3.63) is 11.6 Å². The van der Waals surface area contributed by atoms with Crippen LogP contribution in [0.4, 0.5) is 13.2 Å². The second-order valence-electron chi connectivity index (χ2n) is 2.94. The number of hydrogen-bond acceptors (Lipinski definition) is 3. The largest absolute Gasteiger partial charge is 0.471 e. The summed E-state index contributed by atoms with van der Waals surface area (Å²) in [5.74, 6) is -3.32. The van der Waals surface area contributed by atoms with E-state index in [-0.39, 0.29) is 0 Å². The van der Waals surface area contributed by atoms with Crippen molar-refractivity contribution >= 4 is 23.5 Å². The van der Waals surface area contributed by atoms with E-state index in [4.69, 9.17) is 11.6 Å². The van der Waals surface area contributed by atoms with Crippen molar-refractivity contribution in [2.45, 2.75) is 18.6 Å². The summed E-state index contributed by atoms with van der Waals surface area (Å²) in [4.78, 5) is 21.8. The fourth-order valence-corrected chi connectivity index (χ4v) is 1.06. The first-order valence-electron chi connectivity index (χ1n) is 3.93. The first-order chi connectivity index (χ1) is 7.17. The Kier molecular flexibility index (Phi) is 4.80. The molecule has 0 radical (unpaired) electrons. The van der Waals surface area contributed by atoms with E-state index in [0.29, 0.717) is 0 Å². The molecule has 1 N–H and O–H groups in total. The maximum absolute atomic E-state index is 12.0. The third kappa shape index (κ3) is 3.73. The number of methoxy groups -OCH3 is 1. The van der Waals surface area contributed by atoms with Crippen molar-refractivity contribution in [2.75, 3.05) is 7.11 Å². The van der Waals surface area contributed by atoms with E-state index in [0.717, 1.165) is 25.6 Å². The van der Waals surface area contributed by atoms with Crippen LogP contribution in [0.2, 0.25) is 0 Å². The Hall–Kier alpha value is -1.24. The molecule has 0 heterocycles. The summed E-state index contributed by atoms with van der Waals surface area (Å²) in [5, 5.41) is 1.48. The van der Waals surface area contributed by atoms with Gasteiger partial charge in [0, 0.05) is 5.54 Å². The van der Waals surface area contributed by atoms with Crippen molar-refractivity contribution in [3.8, 4) is 0 Å². The lowest BCUT2D eigenvalue weighted by atomic mass is 10.0. The predicted octanol–water partition coefficient (Wildman–Crippen LogP) is 1.35. The van der Waals surface area contributed by atoms with Gasteiger partial charge in [0.2, 0.25) is 0 Å². The lowest BCUT2D eigenvalue weighted by molar-refractivity contribution is -0.176. The molecule has 0 aliphatic rings. The number of carbonyl (C=O) groups excluding carboxylic acids is 2. The zero-order valence-corrected chi connectivity index (χ0v) is 9.15. The van der Waals surface area contributed by atoms with Crippen LogP contribution in [0.1, 0.15) is 6.92 Å². The van der Waals surface area contributed by atoms with Gasteiger partial charge in [-0.3, -0.25) is 4.79 Å². The van der Waals surface area contributed by atoms with Crippen LogP contribution in [0.3, 0.4) is 0 Å². The summed E-state index contributed by atoms with van der Waals surface area (Å²) >= 11 is 5.16. The van der Waals surface area contributed by atoms with E-state index >= 15 is 0 Å². The lowest BCUT2D eigenvalue weighted by Crippen LogP contribution is -2.55. The number of esters is 1. The molecule has 8 heteroatoms. The number of halogens is 4. The molecule has 0 aliphatic heterocycles. The average Bonchev–Trinajstić information content (AvgIpc) is 2.15. The van der Waals surface area contributed by atoms with Crippen LogP contribution in [-0.4, -0.2) is 30.7 Å². The van der Waals surface area contributed by atoms with Crippen LogP contribution < -0.4 is 5.32 Å². The zero-order valence-electron chi connectivity index (χ0n) is 8.39. The van der Waals surface area contributed by atoms with Gasteiger partial charge in [0.05, 0.1) is 7.11 Å². The number of hydrogen-bond donors (Lipinski definition) is 1. The van der Waals surface area contributed by atoms with Gasteiger partial charge in [0.1, 0.15) is 0 Å². The van der Waals surface area contributed by atoms with Gasteiger partial charge in [-0.1, -0.05) is 11.6 Å². The van der Waals surface area contributed by atoms with Crippen molar-refractivity contribution in [2.24, 2.45) is 0 Å². The highest BCUT2D eigenvalue weighted by Crippen LogP contribution is 2.18. The summed E-state index contributed by atoms with van der Waals surface area (Å²) in [6.07, 6.45) is -4.21. The van der Waals surface area contributed by atoms with Crippen LogP contribution in [0.5, 0.6) is 0 Å². The number of nitrogens with one attached hydrogen (secondary N) is 1. The summed E-state index contributed by atoms with van der Waals surface area (Å²) < 4.78 is 40.1. The first-order valence-corrected chi connectivity index (χ1v) is 4.36. The Bertz CT molecular complexity index is 316. The number of alkyl halides is 3. The van der Waals surface area contributed by atoms with Crippen LogP contribution >= 0.6 is 11.6 Å². The highest BCUT2D eigenvalue weighted by atomic mass is 35.5. The molecule has 0 saturated heterocycles. The fourth-order valence-electron chi connectivity index (χ4n) is 0.805. The Balaban J connectivity index is 4.97. The molecule has 1 unspecified atom stereocenters. The normalized spacial score (nSPS) is 15.6. The molecule has 0 bridgehead atoms. The van der Waals surface area contributed by atoms with Crippen LogP contribution in [0, 0.1) is 0 Å². The molecule has 0 aliphatic carbocycles. The molecule has 0 aromatic heterocycles. The molecule has 0 rings (SSSR count). The minimum absolute atomic E-state index is 0.813. The molecule has 0 saturated carbocycles. The first kappa shape index (κ1) is 14.8. The van der Waals surface area contributed by atoms with E-state index in [1.165, 1.54) is 5.32 Å². The number of amides is 1. The van der Waals surface area contributed by atoms with E-state index in [1.54, 1.807) is 0 Å². The van der Waals surface area contributed by atoms with Crippen LogP contribution in [0.15, 0.2) is 11.6 Å². The lowest BCUT2D eigenvalue weighted by Gasteiger charge is -2.24. The molecular weight excluding hydrogens is 251 g/mol. The quantitative estimate of drug-likeness (QED) is 0.779. The van der Waals surface area contributed by atoms with Crippen molar-refractivity contribution in [1.29, 1.82) is 0 Å². The maximum Gasteiger partial charge on any atom is 0.471 e. The molecular formula is C8H9ClF3NO3. The third-order valence-electron chi connectivity index (χ3n) is 1.64. The van der Waals surface area contributed by atoms with Gasteiger partial charge < -0.3 is 10.1 Å². The number of rotatable bonds is 3. The summed E-state index contributed by atoms with van der Waals surface area (Å²) in [6.45, 7) is 1.03. The minimum atomic E-state index is -5.09. The molecule has 4 nitrogen and oxygen atoms in total. The molecule has 16 heavy (non-hydrogen) atoms. The van der Waals surface area contributed by atoms with E-state index in [1.807, 2.05) is 0 Å². The zero-order chi connectivity index (χ0) is 13.0. The highest BCUT2D eigenvalue weighted by Gasteiger charge is 2.44. The van der Waals surface area contributed by atoms with E-state index in [2.05, 4.69) is 4.74 Å². The van der Waals surface area contributed by atoms with Gasteiger partial charge in [-0.15, -0.1) is 0 Å². The topological polar surface area (TPSA) is 55.4 Å².